The zero-order valence-corrected chi connectivity index (χ0v) is 13.3. The van der Waals surface area contributed by atoms with Gasteiger partial charge >= 0.3 is 0 Å². The number of ether oxygens (including phenoxy) is 1. The third kappa shape index (κ3) is 4.33. The molecule has 0 radical (unpaired) electrons. The molecule has 1 aliphatic rings. The molecule has 1 heterocycles. The molecule has 0 bridgehead atoms. The fourth-order valence-electron chi connectivity index (χ4n) is 2.48. The molecule has 1 aliphatic heterocycles. The number of anilines is 1. The average Bonchev–Trinajstić information content (AvgIpc) is 2.40. The van der Waals surface area contributed by atoms with Crippen LogP contribution in [0.1, 0.15) is 6.92 Å². The molecule has 0 amide bonds. The van der Waals surface area contributed by atoms with Crippen LogP contribution in [0.5, 0.6) is 5.75 Å². The van der Waals surface area contributed by atoms with Crippen molar-refractivity contribution in [1.82, 2.24) is 9.21 Å². The first-order valence-electron chi connectivity index (χ1n) is 7.05. The van der Waals surface area contributed by atoms with Gasteiger partial charge in [0.1, 0.15) is 12.4 Å². The quantitative estimate of drug-likeness (QED) is 0.806. The molecule has 0 aromatic heterocycles. The van der Waals surface area contributed by atoms with E-state index in [-0.39, 0.29) is 18.4 Å². The van der Waals surface area contributed by atoms with E-state index in [1.807, 2.05) is 14.0 Å². The van der Waals surface area contributed by atoms with Gasteiger partial charge in [-0.15, -0.1) is 0 Å². The van der Waals surface area contributed by atoms with E-state index in [1.54, 1.807) is 28.6 Å². The summed E-state index contributed by atoms with van der Waals surface area (Å²) < 4.78 is 31.8. The summed E-state index contributed by atoms with van der Waals surface area (Å²) in [5.41, 5.74) is 6.24. The van der Waals surface area contributed by atoms with Gasteiger partial charge in [-0.05, 0) is 38.2 Å². The molecule has 0 spiro atoms. The summed E-state index contributed by atoms with van der Waals surface area (Å²) in [6, 6.07) is 6.94. The van der Waals surface area contributed by atoms with Gasteiger partial charge in [-0.3, -0.25) is 0 Å². The summed E-state index contributed by atoms with van der Waals surface area (Å²) in [5.74, 6) is 0.622. The Hall–Kier alpha value is -1.31. The highest BCUT2D eigenvalue weighted by molar-refractivity contribution is 7.89. The molecule has 0 saturated carbocycles. The van der Waals surface area contributed by atoms with E-state index in [1.165, 1.54) is 0 Å². The minimum Gasteiger partial charge on any atom is -0.492 e. The summed E-state index contributed by atoms with van der Waals surface area (Å²) in [6.07, 6.45) is 0. The van der Waals surface area contributed by atoms with Crippen LogP contribution in [0.15, 0.2) is 24.3 Å². The molecule has 118 valence electrons. The van der Waals surface area contributed by atoms with E-state index in [2.05, 4.69) is 4.90 Å². The fraction of sp³-hybridized carbons (Fsp3) is 0.571. The SMILES string of the molecule is CC1CN(C)CCN1S(=O)(=O)CCOc1ccc(N)cc1. The van der Waals surface area contributed by atoms with Crippen molar-refractivity contribution in [3.8, 4) is 5.75 Å². The second kappa shape index (κ2) is 6.64. The van der Waals surface area contributed by atoms with Crippen molar-refractivity contribution in [1.29, 1.82) is 0 Å². The van der Waals surface area contributed by atoms with E-state index in [4.69, 9.17) is 10.5 Å². The van der Waals surface area contributed by atoms with Gasteiger partial charge in [-0.1, -0.05) is 0 Å². The lowest BCUT2D eigenvalue weighted by Crippen LogP contribution is -2.53. The first kappa shape index (κ1) is 16.1. The number of nitrogen functional groups attached to an aromatic ring is 1. The van der Waals surface area contributed by atoms with Crippen LogP contribution in [0.25, 0.3) is 0 Å². The molecule has 1 unspecified atom stereocenters. The second-order valence-corrected chi connectivity index (χ2v) is 7.50. The molecule has 7 heteroatoms. The van der Waals surface area contributed by atoms with Crippen molar-refractivity contribution in [3.05, 3.63) is 24.3 Å². The number of likely N-dealkylation sites (N-methyl/N-ethyl adjacent to an activating group) is 1. The Labute approximate surface area is 126 Å². The van der Waals surface area contributed by atoms with Gasteiger partial charge in [-0.2, -0.15) is 4.31 Å². The van der Waals surface area contributed by atoms with Crippen LogP contribution in [-0.2, 0) is 10.0 Å². The minimum atomic E-state index is -3.28. The topological polar surface area (TPSA) is 75.9 Å². The molecular weight excluding hydrogens is 290 g/mol. The van der Waals surface area contributed by atoms with E-state index >= 15 is 0 Å². The number of hydrogen-bond acceptors (Lipinski definition) is 5. The summed E-state index contributed by atoms with van der Waals surface area (Å²) in [6.45, 7) is 4.15. The molecule has 1 aromatic rings. The third-order valence-electron chi connectivity index (χ3n) is 3.62. The Bertz CT molecular complexity index is 559. The summed E-state index contributed by atoms with van der Waals surface area (Å²) in [5, 5.41) is 0. The third-order valence-corrected chi connectivity index (χ3v) is 5.56. The lowest BCUT2D eigenvalue weighted by atomic mass is 10.2. The summed E-state index contributed by atoms with van der Waals surface area (Å²) in [7, 11) is -1.27. The molecule has 1 aromatic carbocycles. The van der Waals surface area contributed by atoms with Gasteiger partial charge in [0.15, 0.2) is 0 Å². The Balaban J connectivity index is 1.88. The fourth-order valence-corrected chi connectivity index (χ4v) is 3.99. The molecule has 1 atom stereocenters. The Morgan fingerprint density at radius 2 is 1.95 bits per heavy atom. The normalized spacial score (nSPS) is 21.3. The number of rotatable bonds is 5. The molecule has 6 nitrogen and oxygen atoms in total. The lowest BCUT2D eigenvalue weighted by Gasteiger charge is -2.37. The Kier molecular flexibility index (Phi) is 5.08. The van der Waals surface area contributed by atoms with Crippen LogP contribution in [0, 0.1) is 0 Å². The Morgan fingerprint density at radius 1 is 1.29 bits per heavy atom. The lowest BCUT2D eigenvalue weighted by molar-refractivity contribution is 0.169. The number of piperazine rings is 1. The van der Waals surface area contributed by atoms with Crippen molar-refractivity contribution >= 4 is 15.7 Å². The maximum absolute atomic E-state index is 12.4. The van der Waals surface area contributed by atoms with Crippen LogP contribution in [0.4, 0.5) is 5.69 Å². The highest BCUT2D eigenvalue weighted by Gasteiger charge is 2.31. The van der Waals surface area contributed by atoms with Gasteiger partial charge < -0.3 is 15.4 Å². The minimum absolute atomic E-state index is 0.00488. The highest BCUT2D eigenvalue weighted by Crippen LogP contribution is 2.15. The molecule has 1 fully saturated rings. The number of benzene rings is 1. The molecule has 2 N–H and O–H groups in total. The van der Waals surface area contributed by atoms with E-state index in [0.717, 1.165) is 13.1 Å². The van der Waals surface area contributed by atoms with Crippen molar-refractivity contribution in [3.63, 3.8) is 0 Å². The maximum Gasteiger partial charge on any atom is 0.217 e. The monoisotopic (exact) mass is 313 g/mol. The predicted octanol–water partition coefficient (Wildman–Crippen LogP) is 0.613. The smallest absolute Gasteiger partial charge is 0.217 e. The molecule has 21 heavy (non-hydrogen) atoms. The first-order valence-corrected chi connectivity index (χ1v) is 8.66. The zero-order valence-electron chi connectivity index (χ0n) is 12.5. The first-order chi connectivity index (χ1) is 9.88. The van der Waals surface area contributed by atoms with Crippen LogP contribution in [-0.4, -0.2) is 62.7 Å². The number of nitrogens with two attached hydrogens (primary N) is 1. The largest absolute Gasteiger partial charge is 0.492 e. The van der Waals surface area contributed by atoms with E-state index < -0.39 is 10.0 Å². The standard InChI is InChI=1S/C14H23N3O3S/c1-12-11-16(2)7-8-17(12)21(18,19)10-9-20-14-5-3-13(15)4-6-14/h3-6,12H,7-11,15H2,1-2H3. The van der Waals surface area contributed by atoms with Gasteiger partial charge in [0.05, 0.1) is 5.75 Å². The summed E-state index contributed by atoms with van der Waals surface area (Å²) in [4.78, 5) is 2.14. The predicted molar refractivity (Wildman–Crippen MR) is 83.8 cm³/mol. The van der Waals surface area contributed by atoms with Crippen LogP contribution >= 0.6 is 0 Å². The van der Waals surface area contributed by atoms with Gasteiger partial charge in [0.25, 0.3) is 0 Å². The van der Waals surface area contributed by atoms with Crippen molar-refractivity contribution in [2.45, 2.75) is 13.0 Å². The van der Waals surface area contributed by atoms with Crippen molar-refractivity contribution in [2.24, 2.45) is 0 Å². The Morgan fingerprint density at radius 3 is 2.57 bits per heavy atom. The maximum atomic E-state index is 12.4. The van der Waals surface area contributed by atoms with Crippen LogP contribution in [0.3, 0.4) is 0 Å². The highest BCUT2D eigenvalue weighted by atomic mass is 32.2. The van der Waals surface area contributed by atoms with E-state index in [9.17, 15) is 8.42 Å². The second-order valence-electron chi connectivity index (χ2n) is 5.46. The zero-order chi connectivity index (χ0) is 15.5. The van der Waals surface area contributed by atoms with E-state index in [0.29, 0.717) is 18.0 Å². The van der Waals surface area contributed by atoms with Crippen molar-refractivity contribution < 1.29 is 13.2 Å². The van der Waals surface area contributed by atoms with Crippen molar-refractivity contribution in [2.75, 3.05) is 44.8 Å². The van der Waals surface area contributed by atoms with Gasteiger partial charge in [0.2, 0.25) is 10.0 Å². The molecular formula is C14H23N3O3S. The molecule has 2 rings (SSSR count). The number of nitrogens with zero attached hydrogens (tertiary/aromatic N) is 2. The van der Waals surface area contributed by atoms with Crippen LogP contribution < -0.4 is 10.5 Å². The number of hydrogen-bond donors (Lipinski definition) is 1. The van der Waals surface area contributed by atoms with Gasteiger partial charge in [-0.25, -0.2) is 8.42 Å². The average molecular weight is 313 g/mol. The molecule has 1 saturated heterocycles. The summed E-state index contributed by atoms with van der Waals surface area (Å²) >= 11 is 0. The number of sulfonamides is 1. The van der Waals surface area contributed by atoms with Crippen LogP contribution in [0.2, 0.25) is 0 Å². The van der Waals surface area contributed by atoms with Gasteiger partial charge in [0, 0.05) is 31.4 Å². The molecule has 0 aliphatic carbocycles.